The van der Waals surface area contributed by atoms with Crippen molar-refractivity contribution in [2.45, 2.75) is 60.3 Å². The summed E-state index contributed by atoms with van der Waals surface area (Å²) in [6.45, 7) is 11.9. The minimum atomic E-state index is 0.0739. The van der Waals surface area contributed by atoms with E-state index in [-0.39, 0.29) is 5.41 Å². The van der Waals surface area contributed by atoms with Crippen LogP contribution in [-0.2, 0) is 0 Å². The zero-order valence-corrected chi connectivity index (χ0v) is 14.2. The standard InChI is InChI=1S/C17H33N3/c1-7-10-11-12-17(5,9-3)16(14-19-13-8-2)20-15(4)18-6/h10-11,14,19H,7-9,12-13H2,1-6H3,(H,18,20)/b11-10+,16-14-. The molecule has 0 bridgehead atoms. The van der Waals surface area contributed by atoms with Crippen molar-refractivity contribution in [1.82, 2.24) is 10.6 Å². The van der Waals surface area contributed by atoms with Gasteiger partial charge in [0.2, 0.25) is 0 Å². The minimum absolute atomic E-state index is 0.0739. The highest BCUT2D eigenvalue weighted by atomic mass is 15.0. The molecule has 1 unspecified atom stereocenters. The van der Waals surface area contributed by atoms with Crippen LogP contribution in [0.1, 0.15) is 60.3 Å². The van der Waals surface area contributed by atoms with E-state index in [1.165, 1.54) is 0 Å². The predicted molar refractivity (Wildman–Crippen MR) is 91.0 cm³/mol. The maximum absolute atomic E-state index is 4.76. The summed E-state index contributed by atoms with van der Waals surface area (Å²) in [7, 11) is 1.91. The van der Waals surface area contributed by atoms with Gasteiger partial charge in [0.15, 0.2) is 0 Å². The molecule has 0 aromatic heterocycles. The van der Waals surface area contributed by atoms with Crippen molar-refractivity contribution in [3.63, 3.8) is 0 Å². The monoisotopic (exact) mass is 279 g/mol. The van der Waals surface area contributed by atoms with E-state index in [4.69, 9.17) is 4.99 Å². The van der Waals surface area contributed by atoms with Crippen molar-refractivity contribution in [1.29, 1.82) is 0 Å². The second-order valence-corrected chi connectivity index (χ2v) is 5.43. The van der Waals surface area contributed by atoms with E-state index >= 15 is 0 Å². The van der Waals surface area contributed by atoms with Gasteiger partial charge >= 0.3 is 0 Å². The van der Waals surface area contributed by atoms with E-state index in [1.54, 1.807) is 0 Å². The lowest BCUT2D eigenvalue weighted by Crippen LogP contribution is -2.23. The van der Waals surface area contributed by atoms with Gasteiger partial charge in [-0.2, -0.15) is 0 Å². The summed E-state index contributed by atoms with van der Waals surface area (Å²) in [5, 5.41) is 6.49. The van der Waals surface area contributed by atoms with Crippen LogP contribution in [0.25, 0.3) is 0 Å². The first kappa shape index (κ1) is 18.8. The second kappa shape index (κ2) is 10.5. The summed E-state index contributed by atoms with van der Waals surface area (Å²) in [6.07, 6.45) is 10.9. The van der Waals surface area contributed by atoms with E-state index in [0.29, 0.717) is 0 Å². The Labute approximate surface area is 125 Å². The molecule has 0 aromatic carbocycles. The first-order valence-electron chi connectivity index (χ1n) is 7.86. The molecule has 0 saturated heterocycles. The van der Waals surface area contributed by atoms with E-state index < -0.39 is 0 Å². The molecule has 0 aliphatic rings. The molecule has 0 aliphatic heterocycles. The van der Waals surface area contributed by atoms with Gasteiger partial charge in [0.25, 0.3) is 0 Å². The summed E-state index contributed by atoms with van der Waals surface area (Å²) in [6, 6.07) is 0. The molecule has 20 heavy (non-hydrogen) atoms. The first-order valence-corrected chi connectivity index (χ1v) is 7.86. The number of hydrogen-bond acceptors (Lipinski definition) is 2. The summed E-state index contributed by atoms with van der Waals surface area (Å²) >= 11 is 0. The Hall–Kier alpha value is -1.25. The van der Waals surface area contributed by atoms with Crippen LogP contribution in [0.5, 0.6) is 0 Å². The molecule has 0 aromatic rings. The lowest BCUT2D eigenvalue weighted by Gasteiger charge is -2.28. The Balaban J connectivity index is 5.21. The molecule has 0 amide bonds. The predicted octanol–water partition coefficient (Wildman–Crippen LogP) is 4.24. The van der Waals surface area contributed by atoms with Gasteiger partial charge in [-0.15, -0.1) is 0 Å². The van der Waals surface area contributed by atoms with Crippen LogP contribution >= 0.6 is 0 Å². The molecule has 0 heterocycles. The van der Waals surface area contributed by atoms with Crippen LogP contribution < -0.4 is 10.6 Å². The van der Waals surface area contributed by atoms with Crippen molar-refractivity contribution in [3.8, 4) is 0 Å². The number of nitrogens with zero attached hydrogens (tertiary/aromatic N) is 1. The zero-order chi connectivity index (χ0) is 15.4. The van der Waals surface area contributed by atoms with Gasteiger partial charge in [0, 0.05) is 25.2 Å². The van der Waals surface area contributed by atoms with Crippen LogP contribution in [0.4, 0.5) is 0 Å². The number of hydrogen-bond donors (Lipinski definition) is 2. The molecule has 0 fully saturated rings. The molecular weight excluding hydrogens is 246 g/mol. The molecule has 3 heteroatoms. The fourth-order valence-corrected chi connectivity index (χ4v) is 1.83. The van der Waals surface area contributed by atoms with Gasteiger partial charge in [-0.1, -0.05) is 39.8 Å². The van der Waals surface area contributed by atoms with Crippen molar-refractivity contribution in [2.75, 3.05) is 13.6 Å². The molecule has 116 valence electrons. The van der Waals surface area contributed by atoms with Crippen LogP contribution in [0, 0.1) is 5.41 Å². The second-order valence-electron chi connectivity index (χ2n) is 5.43. The third-order valence-corrected chi connectivity index (χ3v) is 3.65. The lowest BCUT2D eigenvalue weighted by molar-refractivity contribution is 0.380. The average Bonchev–Trinajstić information content (AvgIpc) is 2.46. The molecule has 0 radical (unpaired) electrons. The highest BCUT2D eigenvalue weighted by Crippen LogP contribution is 2.35. The van der Waals surface area contributed by atoms with Gasteiger partial charge in [0.1, 0.15) is 0 Å². The van der Waals surface area contributed by atoms with Crippen molar-refractivity contribution in [2.24, 2.45) is 10.4 Å². The Morgan fingerprint density at radius 1 is 1.20 bits per heavy atom. The molecule has 3 nitrogen and oxygen atoms in total. The van der Waals surface area contributed by atoms with Gasteiger partial charge in [-0.3, -0.25) is 0 Å². The summed E-state index contributed by atoms with van der Waals surface area (Å²) in [5.74, 6) is 0.952. The topological polar surface area (TPSA) is 36.4 Å². The maximum Gasteiger partial charge on any atom is 0.0985 e. The number of nitrogens with one attached hydrogen (secondary N) is 2. The SMILES string of the molecule is CC/C=C/CC(C)(CC)C(=C/NCCC)/N=C(\C)NC. The number of aliphatic imine (C=N–C) groups is 1. The molecule has 0 saturated carbocycles. The number of rotatable bonds is 9. The first-order chi connectivity index (χ1) is 9.53. The van der Waals surface area contributed by atoms with E-state index in [1.807, 2.05) is 14.0 Å². The Morgan fingerprint density at radius 3 is 2.40 bits per heavy atom. The van der Waals surface area contributed by atoms with Crippen molar-refractivity contribution < 1.29 is 0 Å². The Kier molecular flexibility index (Phi) is 9.87. The molecule has 0 aliphatic carbocycles. The fourth-order valence-electron chi connectivity index (χ4n) is 1.83. The quantitative estimate of drug-likeness (QED) is 0.287. The normalized spacial score (nSPS) is 16.3. The van der Waals surface area contributed by atoms with Gasteiger partial charge in [-0.25, -0.2) is 4.99 Å². The third kappa shape index (κ3) is 6.78. The largest absolute Gasteiger partial charge is 0.389 e. The third-order valence-electron chi connectivity index (χ3n) is 3.65. The lowest BCUT2D eigenvalue weighted by atomic mass is 9.80. The smallest absolute Gasteiger partial charge is 0.0985 e. The van der Waals surface area contributed by atoms with Crippen LogP contribution in [0.15, 0.2) is 29.0 Å². The highest BCUT2D eigenvalue weighted by Gasteiger charge is 2.26. The maximum atomic E-state index is 4.76. The zero-order valence-electron chi connectivity index (χ0n) is 14.2. The van der Waals surface area contributed by atoms with E-state index in [2.05, 4.69) is 56.7 Å². The highest BCUT2D eigenvalue weighted by molar-refractivity contribution is 5.80. The van der Waals surface area contributed by atoms with Gasteiger partial charge < -0.3 is 10.6 Å². The van der Waals surface area contributed by atoms with Crippen molar-refractivity contribution in [3.05, 3.63) is 24.0 Å². The Morgan fingerprint density at radius 2 is 1.90 bits per heavy atom. The van der Waals surface area contributed by atoms with Gasteiger partial charge in [0.05, 0.1) is 11.5 Å². The molecule has 1 atom stereocenters. The van der Waals surface area contributed by atoms with Crippen molar-refractivity contribution >= 4 is 5.84 Å². The summed E-state index contributed by atoms with van der Waals surface area (Å²) < 4.78 is 0. The molecule has 0 rings (SSSR count). The summed E-state index contributed by atoms with van der Waals surface area (Å²) in [4.78, 5) is 4.76. The van der Waals surface area contributed by atoms with Crippen LogP contribution in [0.3, 0.4) is 0 Å². The van der Waals surface area contributed by atoms with Crippen LogP contribution in [0.2, 0.25) is 0 Å². The number of amidine groups is 1. The average molecular weight is 279 g/mol. The van der Waals surface area contributed by atoms with E-state index in [9.17, 15) is 0 Å². The number of allylic oxidation sites excluding steroid dienone is 3. The molecule has 0 spiro atoms. The fraction of sp³-hybridized carbons (Fsp3) is 0.706. The summed E-state index contributed by atoms with van der Waals surface area (Å²) in [5.41, 5.74) is 1.20. The van der Waals surface area contributed by atoms with Gasteiger partial charge in [-0.05, 0) is 32.6 Å². The molecular formula is C17H33N3. The van der Waals surface area contributed by atoms with E-state index in [0.717, 1.165) is 43.8 Å². The van der Waals surface area contributed by atoms with Crippen LogP contribution in [-0.4, -0.2) is 19.4 Å². The minimum Gasteiger partial charge on any atom is -0.389 e. The molecule has 2 N–H and O–H groups in total. The Bertz CT molecular complexity index is 342.